The molecule has 0 saturated carbocycles. The molecule has 0 amide bonds. The number of alkyl halides is 1. The Balaban J connectivity index is 1.36. The smallest absolute Gasteiger partial charge is 0.185 e. The van der Waals surface area contributed by atoms with E-state index in [-0.39, 0.29) is 17.7 Å². The van der Waals surface area contributed by atoms with E-state index in [0.29, 0.717) is 28.7 Å². The van der Waals surface area contributed by atoms with Crippen molar-refractivity contribution in [3.05, 3.63) is 55.4 Å². The Morgan fingerprint density at radius 3 is 2.90 bits per heavy atom. The van der Waals surface area contributed by atoms with Crippen molar-refractivity contribution >= 4 is 5.57 Å². The number of aromatic hydroxyl groups is 1. The summed E-state index contributed by atoms with van der Waals surface area (Å²) in [4.78, 5) is 8.37. The third-order valence-corrected chi connectivity index (χ3v) is 6.19. The minimum atomic E-state index is -0.977. The first-order valence-electron chi connectivity index (χ1n) is 10.2. The number of piperidine rings is 2. The predicted molar refractivity (Wildman–Crippen MR) is 111 cm³/mol. The third kappa shape index (κ3) is 3.37. The number of hydrogen-bond donors (Lipinski definition) is 2. The molecule has 7 nitrogen and oxygen atoms in total. The number of phenols is 1. The van der Waals surface area contributed by atoms with Gasteiger partial charge < -0.3 is 15.0 Å². The molecule has 2 aromatic heterocycles. The molecule has 2 fully saturated rings. The molecule has 2 aliphatic heterocycles. The van der Waals surface area contributed by atoms with Gasteiger partial charge in [0.2, 0.25) is 0 Å². The zero-order valence-electron chi connectivity index (χ0n) is 16.4. The summed E-state index contributed by atoms with van der Waals surface area (Å²) in [7, 11) is 0. The number of nitrogens with zero attached hydrogens (tertiary/aromatic N) is 5. The van der Waals surface area contributed by atoms with Crippen molar-refractivity contribution in [2.24, 2.45) is 5.92 Å². The van der Waals surface area contributed by atoms with Crippen LogP contribution in [-0.2, 0) is 0 Å². The van der Waals surface area contributed by atoms with E-state index < -0.39 is 6.17 Å². The molecular formula is C22H23FN6O. The Morgan fingerprint density at radius 1 is 1.27 bits per heavy atom. The summed E-state index contributed by atoms with van der Waals surface area (Å²) in [5.74, 6) is 0.0798. The van der Waals surface area contributed by atoms with E-state index in [1.807, 2.05) is 6.07 Å². The Morgan fingerprint density at radius 2 is 2.17 bits per heavy atom. The molecule has 3 unspecified atom stereocenters. The van der Waals surface area contributed by atoms with Crippen LogP contribution in [0.15, 0.2) is 49.7 Å². The highest BCUT2D eigenvalue weighted by molar-refractivity contribution is 5.67. The molecule has 154 valence electrons. The molecule has 30 heavy (non-hydrogen) atoms. The van der Waals surface area contributed by atoms with Crippen LogP contribution in [0.3, 0.4) is 0 Å². The summed E-state index contributed by atoms with van der Waals surface area (Å²) in [6, 6.07) is 5.43. The molecule has 0 radical (unpaired) electrons. The van der Waals surface area contributed by atoms with Crippen LogP contribution in [0.2, 0.25) is 0 Å². The van der Waals surface area contributed by atoms with Gasteiger partial charge >= 0.3 is 0 Å². The second-order valence-corrected chi connectivity index (χ2v) is 8.05. The number of imidazole rings is 1. The van der Waals surface area contributed by atoms with Gasteiger partial charge in [0, 0.05) is 36.5 Å². The molecule has 0 spiro atoms. The second-order valence-electron chi connectivity index (χ2n) is 8.05. The van der Waals surface area contributed by atoms with E-state index in [2.05, 4.69) is 32.1 Å². The molecule has 2 aliphatic rings. The van der Waals surface area contributed by atoms with Crippen molar-refractivity contribution in [2.45, 2.75) is 43.9 Å². The summed E-state index contributed by atoms with van der Waals surface area (Å²) in [6.07, 6.45) is 9.43. The van der Waals surface area contributed by atoms with Crippen LogP contribution in [0.4, 0.5) is 4.39 Å². The van der Waals surface area contributed by atoms with E-state index in [0.717, 1.165) is 31.4 Å². The topological polar surface area (TPSA) is 88.8 Å². The Hall–Kier alpha value is -3.13. The normalized spacial score (nSPS) is 25.8. The van der Waals surface area contributed by atoms with Gasteiger partial charge in [-0.2, -0.15) is 0 Å². The van der Waals surface area contributed by atoms with E-state index in [1.165, 1.54) is 0 Å². The number of aromatic nitrogens is 5. The highest BCUT2D eigenvalue weighted by Gasteiger charge is 2.41. The van der Waals surface area contributed by atoms with Crippen LogP contribution in [0, 0.1) is 5.92 Å². The Labute approximate surface area is 173 Å². The molecule has 3 aromatic rings. The lowest BCUT2D eigenvalue weighted by atomic mass is 9.75. The number of hydrogen-bond acceptors (Lipinski definition) is 6. The quantitative estimate of drug-likeness (QED) is 0.691. The molecule has 2 saturated heterocycles. The average Bonchev–Trinajstić information content (AvgIpc) is 3.31. The molecule has 4 atom stereocenters. The van der Waals surface area contributed by atoms with E-state index in [9.17, 15) is 9.50 Å². The monoisotopic (exact) mass is 406 g/mol. The van der Waals surface area contributed by atoms with Crippen molar-refractivity contribution in [3.8, 4) is 22.8 Å². The van der Waals surface area contributed by atoms with E-state index in [4.69, 9.17) is 0 Å². The average molecular weight is 406 g/mol. The molecule has 4 heterocycles. The first-order valence-corrected chi connectivity index (χ1v) is 10.2. The largest absolute Gasteiger partial charge is 0.507 e. The highest BCUT2D eigenvalue weighted by atomic mass is 19.1. The lowest BCUT2D eigenvalue weighted by Crippen LogP contribution is -2.55. The van der Waals surface area contributed by atoms with Crippen molar-refractivity contribution in [3.63, 3.8) is 0 Å². The van der Waals surface area contributed by atoms with Crippen LogP contribution in [0.25, 0.3) is 22.6 Å². The van der Waals surface area contributed by atoms with Crippen LogP contribution >= 0.6 is 0 Å². The Kier molecular flexibility index (Phi) is 4.78. The molecule has 5 rings (SSSR count). The van der Waals surface area contributed by atoms with Crippen LogP contribution in [-0.4, -0.2) is 48.1 Å². The van der Waals surface area contributed by atoms with Gasteiger partial charge in [0.15, 0.2) is 5.82 Å². The van der Waals surface area contributed by atoms with Gasteiger partial charge in [-0.3, -0.25) is 0 Å². The number of nitrogens with one attached hydrogen (secondary N) is 1. The number of halogens is 1. The minimum Gasteiger partial charge on any atom is -0.507 e. The van der Waals surface area contributed by atoms with Crippen molar-refractivity contribution in [1.29, 1.82) is 0 Å². The Bertz CT molecular complexity index is 1050. The standard InChI is InChI=1S/C22H23FN6O/c1-13(17-9-14-3-2-4-18(26-14)21(17)23)19-11-25-22(28-27-19)16-6-5-15(10-20(16)30)29-8-7-24-12-29/h5-8,10-12,14,17-18,21,26,30H,1-4,9H2/t14?,17?,18?,21-/m0/s1. The van der Waals surface area contributed by atoms with Crippen LogP contribution < -0.4 is 5.32 Å². The number of fused-ring (bicyclic) bond motifs is 2. The van der Waals surface area contributed by atoms with Crippen molar-refractivity contribution in [2.75, 3.05) is 0 Å². The van der Waals surface area contributed by atoms with Crippen LogP contribution in [0.5, 0.6) is 5.75 Å². The van der Waals surface area contributed by atoms with Gasteiger partial charge in [-0.15, -0.1) is 10.2 Å². The maximum absolute atomic E-state index is 15.0. The first-order chi connectivity index (χ1) is 14.6. The molecule has 2 bridgehead atoms. The molecule has 1 aromatic carbocycles. The second kappa shape index (κ2) is 7.60. The van der Waals surface area contributed by atoms with E-state index in [1.54, 1.807) is 41.6 Å². The zero-order valence-corrected chi connectivity index (χ0v) is 16.4. The maximum atomic E-state index is 15.0. The number of rotatable bonds is 4. The fourth-order valence-electron chi connectivity index (χ4n) is 4.56. The fraction of sp³-hybridized carbons (Fsp3) is 0.364. The van der Waals surface area contributed by atoms with Gasteiger partial charge in [-0.1, -0.05) is 13.0 Å². The number of benzene rings is 1. The van der Waals surface area contributed by atoms with Gasteiger partial charge in [0.05, 0.1) is 23.8 Å². The number of phenolic OH excluding ortho intramolecular Hbond substituents is 1. The number of allylic oxidation sites excluding steroid dienone is 1. The highest BCUT2D eigenvalue weighted by Crippen LogP contribution is 2.38. The lowest BCUT2D eigenvalue weighted by molar-refractivity contribution is 0.0982. The maximum Gasteiger partial charge on any atom is 0.185 e. The van der Waals surface area contributed by atoms with E-state index >= 15 is 0 Å². The van der Waals surface area contributed by atoms with Gasteiger partial charge in [-0.05, 0) is 37.0 Å². The van der Waals surface area contributed by atoms with Crippen LogP contribution in [0.1, 0.15) is 31.4 Å². The van der Waals surface area contributed by atoms with Gasteiger partial charge in [-0.25, -0.2) is 14.4 Å². The predicted octanol–water partition coefficient (Wildman–Crippen LogP) is 3.31. The summed E-state index contributed by atoms with van der Waals surface area (Å²) < 4.78 is 16.8. The molecular weight excluding hydrogens is 383 g/mol. The summed E-state index contributed by atoms with van der Waals surface area (Å²) in [5, 5.41) is 22.2. The summed E-state index contributed by atoms with van der Waals surface area (Å²) >= 11 is 0. The zero-order chi connectivity index (χ0) is 20.7. The minimum absolute atomic E-state index is 0.0459. The molecule has 8 heteroatoms. The summed E-state index contributed by atoms with van der Waals surface area (Å²) in [6.45, 7) is 4.12. The lowest BCUT2D eigenvalue weighted by Gasteiger charge is -2.43. The SMILES string of the molecule is C=C(c1cnc(-c2ccc(-n3ccnc3)cc2O)nn1)C1CC2CCCC(N2)[C@H]1F. The van der Waals surface area contributed by atoms with Gasteiger partial charge in [0.25, 0.3) is 0 Å². The van der Waals surface area contributed by atoms with Crippen molar-refractivity contribution < 1.29 is 9.50 Å². The third-order valence-electron chi connectivity index (χ3n) is 6.19. The fourth-order valence-corrected chi connectivity index (χ4v) is 4.56. The molecule has 2 N–H and O–H groups in total. The molecule has 0 aliphatic carbocycles. The first kappa shape index (κ1) is 18.9. The van der Waals surface area contributed by atoms with Crippen molar-refractivity contribution in [1.82, 2.24) is 30.0 Å². The van der Waals surface area contributed by atoms with Gasteiger partial charge in [0.1, 0.15) is 17.6 Å². The summed E-state index contributed by atoms with van der Waals surface area (Å²) in [5.41, 5.74) is 2.40.